The molecule has 0 saturated carbocycles. The number of aryl methyl sites for hydroxylation is 1. The molecule has 3 rings (SSSR count). The maximum atomic E-state index is 4.42. The highest BCUT2D eigenvalue weighted by Gasteiger charge is 2.04. The van der Waals surface area contributed by atoms with Crippen LogP contribution in [0.25, 0.3) is 16.9 Å². The molecule has 2 nitrogen and oxygen atoms in total. The van der Waals surface area contributed by atoms with Crippen LogP contribution in [0.5, 0.6) is 0 Å². The molecule has 0 amide bonds. The molecule has 2 aromatic heterocycles. The molecule has 2 heteroatoms. The van der Waals surface area contributed by atoms with E-state index in [1.54, 1.807) is 0 Å². The van der Waals surface area contributed by atoms with E-state index < -0.39 is 0 Å². The fourth-order valence-corrected chi connectivity index (χ4v) is 1.90. The Balaban J connectivity index is 2.26. The molecule has 0 aliphatic rings. The van der Waals surface area contributed by atoms with Crippen molar-refractivity contribution in [2.45, 2.75) is 6.92 Å². The Morgan fingerprint density at radius 1 is 1.06 bits per heavy atom. The van der Waals surface area contributed by atoms with Gasteiger partial charge < -0.3 is 0 Å². The zero-order valence-electron chi connectivity index (χ0n) is 9.09. The van der Waals surface area contributed by atoms with E-state index in [0.717, 1.165) is 11.3 Å². The molecule has 0 atom stereocenters. The van der Waals surface area contributed by atoms with Crippen molar-refractivity contribution in [3.05, 3.63) is 60.4 Å². The number of imidazole rings is 1. The maximum Gasteiger partial charge on any atom is 0.137 e. The number of nitrogens with zero attached hydrogens (tertiary/aromatic N) is 2. The minimum Gasteiger partial charge on any atom is -0.300 e. The molecule has 0 radical (unpaired) electrons. The van der Waals surface area contributed by atoms with Crippen LogP contribution >= 0.6 is 0 Å². The second-order valence-electron chi connectivity index (χ2n) is 3.94. The zero-order chi connectivity index (χ0) is 11.0. The first kappa shape index (κ1) is 9.16. The van der Waals surface area contributed by atoms with Gasteiger partial charge >= 0.3 is 0 Å². The smallest absolute Gasteiger partial charge is 0.137 e. The van der Waals surface area contributed by atoms with Gasteiger partial charge in [0, 0.05) is 11.8 Å². The van der Waals surface area contributed by atoms with Crippen LogP contribution in [0.4, 0.5) is 0 Å². The molecule has 0 aliphatic carbocycles. The molecule has 3 aromatic rings. The van der Waals surface area contributed by atoms with Crippen LogP contribution in [0.15, 0.2) is 54.9 Å². The summed E-state index contributed by atoms with van der Waals surface area (Å²) < 4.78 is 2.11. The quantitative estimate of drug-likeness (QED) is 0.599. The lowest BCUT2D eigenvalue weighted by Crippen LogP contribution is -1.88. The highest BCUT2D eigenvalue weighted by molar-refractivity contribution is 5.63. The number of benzene rings is 1. The van der Waals surface area contributed by atoms with Crippen LogP contribution < -0.4 is 0 Å². The van der Waals surface area contributed by atoms with Crippen molar-refractivity contribution in [2.24, 2.45) is 0 Å². The SMILES string of the molecule is Cc1ccn2c(-c3ccccc3)cnc2c1. The average molecular weight is 208 g/mol. The first-order chi connectivity index (χ1) is 7.84. The molecule has 16 heavy (non-hydrogen) atoms. The monoisotopic (exact) mass is 208 g/mol. The van der Waals surface area contributed by atoms with Crippen molar-refractivity contribution in [2.75, 3.05) is 0 Å². The molecule has 0 spiro atoms. The standard InChI is InChI=1S/C14H12N2/c1-11-7-8-16-13(10-15-14(16)9-11)12-5-3-2-4-6-12/h2-10H,1H3. The van der Waals surface area contributed by atoms with Gasteiger partial charge in [0.2, 0.25) is 0 Å². The summed E-state index contributed by atoms with van der Waals surface area (Å²) in [5.41, 5.74) is 4.56. The summed E-state index contributed by atoms with van der Waals surface area (Å²) >= 11 is 0. The van der Waals surface area contributed by atoms with E-state index in [2.05, 4.69) is 46.8 Å². The van der Waals surface area contributed by atoms with Crippen LogP contribution in [0.3, 0.4) is 0 Å². The zero-order valence-corrected chi connectivity index (χ0v) is 9.09. The second kappa shape index (κ2) is 3.49. The van der Waals surface area contributed by atoms with E-state index in [9.17, 15) is 0 Å². The average Bonchev–Trinajstić information content (AvgIpc) is 2.73. The molecule has 0 fully saturated rings. The van der Waals surface area contributed by atoms with Gasteiger partial charge in [0.25, 0.3) is 0 Å². The van der Waals surface area contributed by atoms with Gasteiger partial charge in [-0.2, -0.15) is 0 Å². The minimum atomic E-state index is 0.999. The molecule has 0 unspecified atom stereocenters. The minimum absolute atomic E-state index is 0.999. The fourth-order valence-electron chi connectivity index (χ4n) is 1.90. The Kier molecular flexibility index (Phi) is 2.00. The highest BCUT2D eigenvalue weighted by atomic mass is 15.0. The number of aromatic nitrogens is 2. The summed E-state index contributed by atoms with van der Waals surface area (Å²) in [7, 11) is 0. The fraction of sp³-hybridized carbons (Fsp3) is 0.0714. The van der Waals surface area contributed by atoms with Gasteiger partial charge in [-0.15, -0.1) is 0 Å². The summed E-state index contributed by atoms with van der Waals surface area (Å²) in [4.78, 5) is 4.42. The molecule has 0 aliphatic heterocycles. The first-order valence-corrected chi connectivity index (χ1v) is 5.34. The van der Waals surface area contributed by atoms with Crippen LogP contribution in [-0.2, 0) is 0 Å². The van der Waals surface area contributed by atoms with Crippen molar-refractivity contribution >= 4 is 5.65 Å². The highest BCUT2D eigenvalue weighted by Crippen LogP contribution is 2.20. The number of fused-ring (bicyclic) bond motifs is 1. The maximum absolute atomic E-state index is 4.42. The third-order valence-corrected chi connectivity index (χ3v) is 2.74. The molecule has 0 saturated heterocycles. The van der Waals surface area contributed by atoms with Crippen LogP contribution in [0, 0.1) is 6.92 Å². The van der Waals surface area contributed by atoms with Gasteiger partial charge in [-0.05, 0) is 24.6 Å². The van der Waals surface area contributed by atoms with E-state index in [4.69, 9.17) is 0 Å². The predicted octanol–water partition coefficient (Wildman–Crippen LogP) is 3.31. The van der Waals surface area contributed by atoms with Crippen molar-refractivity contribution < 1.29 is 0 Å². The van der Waals surface area contributed by atoms with Gasteiger partial charge in [-0.1, -0.05) is 30.3 Å². The summed E-state index contributed by atoms with van der Waals surface area (Å²) in [5, 5.41) is 0. The van der Waals surface area contributed by atoms with Crippen molar-refractivity contribution in [3.63, 3.8) is 0 Å². The molecule has 78 valence electrons. The molecule has 0 N–H and O–H groups in total. The van der Waals surface area contributed by atoms with Gasteiger partial charge in [0.05, 0.1) is 11.9 Å². The summed E-state index contributed by atoms with van der Waals surface area (Å²) in [5.74, 6) is 0. The van der Waals surface area contributed by atoms with Crippen LogP contribution in [-0.4, -0.2) is 9.38 Å². The van der Waals surface area contributed by atoms with E-state index >= 15 is 0 Å². The van der Waals surface area contributed by atoms with E-state index in [-0.39, 0.29) is 0 Å². The summed E-state index contributed by atoms with van der Waals surface area (Å²) in [6, 6.07) is 14.5. The van der Waals surface area contributed by atoms with Gasteiger partial charge in [0.15, 0.2) is 0 Å². The Bertz CT molecular complexity index is 624. The summed E-state index contributed by atoms with van der Waals surface area (Å²) in [6.07, 6.45) is 3.99. The third kappa shape index (κ3) is 1.39. The number of hydrogen-bond donors (Lipinski definition) is 0. The first-order valence-electron chi connectivity index (χ1n) is 5.34. The van der Waals surface area contributed by atoms with Crippen LogP contribution in [0.1, 0.15) is 5.56 Å². The molecule has 0 bridgehead atoms. The van der Waals surface area contributed by atoms with Crippen molar-refractivity contribution in [1.29, 1.82) is 0 Å². The molecule has 2 heterocycles. The summed E-state index contributed by atoms with van der Waals surface area (Å²) in [6.45, 7) is 2.08. The van der Waals surface area contributed by atoms with Crippen molar-refractivity contribution in [3.8, 4) is 11.3 Å². The van der Waals surface area contributed by atoms with Gasteiger partial charge in [-0.25, -0.2) is 4.98 Å². The second-order valence-corrected chi connectivity index (χ2v) is 3.94. The number of rotatable bonds is 1. The lowest BCUT2D eigenvalue weighted by Gasteiger charge is -2.01. The van der Waals surface area contributed by atoms with Gasteiger partial charge in [0.1, 0.15) is 5.65 Å². The Hall–Kier alpha value is -2.09. The van der Waals surface area contributed by atoms with E-state index in [1.165, 1.54) is 11.1 Å². The Labute approximate surface area is 94.2 Å². The number of hydrogen-bond acceptors (Lipinski definition) is 1. The Morgan fingerprint density at radius 3 is 2.69 bits per heavy atom. The number of pyridine rings is 1. The lowest BCUT2D eigenvalue weighted by molar-refractivity contribution is 1.17. The van der Waals surface area contributed by atoms with Gasteiger partial charge in [-0.3, -0.25) is 4.40 Å². The Morgan fingerprint density at radius 2 is 1.88 bits per heavy atom. The largest absolute Gasteiger partial charge is 0.300 e. The van der Waals surface area contributed by atoms with E-state index in [0.29, 0.717) is 0 Å². The molecule has 1 aromatic carbocycles. The molecular weight excluding hydrogens is 196 g/mol. The van der Waals surface area contributed by atoms with Crippen LogP contribution in [0.2, 0.25) is 0 Å². The lowest BCUT2D eigenvalue weighted by atomic mass is 10.2. The predicted molar refractivity (Wildman–Crippen MR) is 65.4 cm³/mol. The third-order valence-electron chi connectivity index (χ3n) is 2.74. The van der Waals surface area contributed by atoms with Crippen molar-refractivity contribution in [1.82, 2.24) is 9.38 Å². The topological polar surface area (TPSA) is 17.3 Å². The van der Waals surface area contributed by atoms with E-state index in [1.807, 2.05) is 24.4 Å². The molecular formula is C14H12N2. The normalized spacial score (nSPS) is 10.8.